The molecule has 0 aliphatic rings. The fraction of sp³-hybridized carbons (Fsp3) is 0.286. The van der Waals surface area contributed by atoms with Gasteiger partial charge in [0.15, 0.2) is 5.69 Å². The summed E-state index contributed by atoms with van der Waals surface area (Å²) in [4.78, 5) is 10.7. The zero-order valence-electron chi connectivity index (χ0n) is 11.2. The number of carbonyl (C=O) groups is 1. The van der Waals surface area contributed by atoms with E-state index in [4.69, 9.17) is 9.84 Å². The zero-order valence-corrected chi connectivity index (χ0v) is 11.2. The second-order valence-corrected chi connectivity index (χ2v) is 4.57. The molecular formula is C14H16N2O3. The van der Waals surface area contributed by atoms with Crippen LogP contribution in [0, 0.1) is 20.8 Å². The molecule has 0 aliphatic heterocycles. The van der Waals surface area contributed by atoms with Crippen LogP contribution in [0.3, 0.4) is 0 Å². The molecule has 0 aliphatic carbocycles. The van der Waals surface area contributed by atoms with E-state index >= 15 is 0 Å². The van der Waals surface area contributed by atoms with Crippen molar-refractivity contribution in [3.63, 3.8) is 0 Å². The predicted octanol–water partition coefficient (Wildman–Crippen LogP) is 2.61. The summed E-state index contributed by atoms with van der Waals surface area (Å²) < 4.78 is 5.69. The van der Waals surface area contributed by atoms with Crippen molar-refractivity contribution in [2.75, 3.05) is 0 Å². The van der Waals surface area contributed by atoms with Gasteiger partial charge in [-0.2, -0.15) is 5.10 Å². The Hall–Kier alpha value is -2.30. The van der Waals surface area contributed by atoms with E-state index in [9.17, 15) is 4.79 Å². The number of ether oxygens (including phenoxy) is 1. The maximum atomic E-state index is 10.7. The van der Waals surface area contributed by atoms with Gasteiger partial charge in [-0.1, -0.05) is 6.07 Å². The average Bonchev–Trinajstić information content (AvgIpc) is 2.81. The predicted molar refractivity (Wildman–Crippen MR) is 70.5 cm³/mol. The highest BCUT2D eigenvalue weighted by Gasteiger charge is 2.09. The maximum absolute atomic E-state index is 10.7. The van der Waals surface area contributed by atoms with Crippen LogP contribution in [0.5, 0.6) is 5.75 Å². The molecule has 2 aromatic rings. The fourth-order valence-electron chi connectivity index (χ4n) is 1.79. The van der Waals surface area contributed by atoms with E-state index in [2.05, 4.69) is 23.2 Å². The van der Waals surface area contributed by atoms with Gasteiger partial charge in [0.2, 0.25) is 0 Å². The molecule has 2 N–H and O–H groups in total. The minimum atomic E-state index is -1.05. The van der Waals surface area contributed by atoms with E-state index in [1.54, 1.807) is 0 Å². The molecule has 1 heterocycles. The Morgan fingerprint density at radius 3 is 2.53 bits per heavy atom. The molecule has 0 atom stereocenters. The monoisotopic (exact) mass is 260 g/mol. The highest BCUT2D eigenvalue weighted by Crippen LogP contribution is 2.23. The van der Waals surface area contributed by atoms with E-state index in [1.807, 2.05) is 19.9 Å². The van der Waals surface area contributed by atoms with Gasteiger partial charge in [-0.05, 0) is 49.6 Å². The summed E-state index contributed by atoms with van der Waals surface area (Å²) in [6.45, 7) is 6.33. The summed E-state index contributed by atoms with van der Waals surface area (Å²) in [6, 6.07) is 5.53. The number of aromatic nitrogens is 2. The van der Waals surface area contributed by atoms with Gasteiger partial charge in [-0.3, -0.25) is 5.10 Å². The fourth-order valence-corrected chi connectivity index (χ4v) is 1.79. The molecule has 0 fully saturated rings. The van der Waals surface area contributed by atoms with E-state index in [1.165, 1.54) is 11.6 Å². The smallest absolute Gasteiger partial charge is 0.356 e. The summed E-state index contributed by atoms with van der Waals surface area (Å²) in [5.41, 5.74) is 4.07. The molecule has 0 spiro atoms. The van der Waals surface area contributed by atoms with Crippen LogP contribution in [-0.4, -0.2) is 21.3 Å². The molecule has 1 aromatic heterocycles. The molecule has 0 radical (unpaired) electrons. The molecule has 0 saturated heterocycles. The first-order valence-electron chi connectivity index (χ1n) is 5.95. The van der Waals surface area contributed by atoms with Gasteiger partial charge in [0.05, 0.1) is 5.69 Å². The normalized spacial score (nSPS) is 10.5. The standard InChI is InChI=1S/C14H16N2O3/c1-8-4-10(3)13(5-9(8)2)19-7-11-6-12(14(17)18)16-15-11/h4-6H,7H2,1-3H3,(H,15,16)(H,17,18). The van der Waals surface area contributed by atoms with Crippen LogP contribution in [-0.2, 0) is 6.61 Å². The van der Waals surface area contributed by atoms with Crippen molar-refractivity contribution in [3.05, 3.63) is 46.3 Å². The highest BCUT2D eigenvalue weighted by atomic mass is 16.5. The number of carboxylic acid groups (broad SMARTS) is 1. The Labute approximate surface area is 111 Å². The van der Waals surface area contributed by atoms with Crippen LogP contribution in [0.15, 0.2) is 18.2 Å². The third-order valence-electron chi connectivity index (χ3n) is 3.02. The van der Waals surface area contributed by atoms with Gasteiger partial charge < -0.3 is 9.84 Å². The van der Waals surface area contributed by atoms with E-state index in [0.717, 1.165) is 16.9 Å². The molecule has 100 valence electrons. The Bertz CT molecular complexity index is 617. The van der Waals surface area contributed by atoms with Crippen molar-refractivity contribution in [3.8, 4) is 5.75 Å². The van der Waals surface area contributed by atoms with Crippen LogP contribution in [0.2, 0.25) is 0 Å². The minimum absolute atomic E-state index is 0.00425. The highest BCUT2D eigenvalue weighted by molar-refractivity contribution is 5.85. The quantitative estimate of drug-likeness (QED) is 0.886. The Kier molecular flexibility index (Phi) is 3.55. The summed E-state index contributed by atoms with van der Waals surface area (Å²) in [5.74, 6) is -0.251. The first-order chi connectivity index (χ1) is 8.97. The van der Waals surface area contributed by atoms with Gasteiger partial charge in [-0.15, -0.1) is 0 Å². The van der Waals surface area contributed by atoms with Crippen molar-refractivity contribution in [1.82, 2.24) is 10.2 Å². The van der Waals surface area contributed by atoms with Gasteiger partial charge in [0.1, 0.15) is 12.4 Å². The Morgan fingerprint density at radius 2 is 1.89 bits per heavy atom. The summed E-state index contributed by atoms with van der Waals surface area (Å²) in [7, 11) is 0. The lowest BCUT2D eigenvalue weighted by Crippen LogP contribution is -1.98. The number of aromatic carboxylic acids is 1. The molecule has 0 bridgehead atoms. The molecule has 5 heteroatoms. The van der Waals surface area contributed by atoms with Gasteiger partial charge in [0.25, 0.3) is 0 Å². The summed E-state index contributed by atoms with van der Waals surface area (Å²) in [5, 5.41) is 15.1. The largest absolute Gasteiger partial charge is 0.487 e. The van der Waals surface area contributed by atoms with E-state index in [0.29, 0.717) is 5.69 Å². The molecule has 19 heavy (non-hydrogen) atoms. The van der Waals surface area contributed by atoms with Crippen LogP contribution in [0.1, 0.15) is 32.9 Å². The number of hydrogen-bond acceptors (Lipinski definition) is 3. The topological polar surface area (TPSA) is 75.2 Å². The SMILES string of the molecule is Cc1cc(C)c(OCc2cc(C(=O)O)n[nH]2)cc1C. The van der Waals surface area contributed by atoms with Crippen molar-refractivity contribution >= 4 is 5.97 Å². The first-order valence-corrected chi connectivity index (χ1v) is 5.95. The Morgan fingerprint density at radius 1 is 1.21 bits per heavy atom. The number of carboxylic acids is 1. The van der Waals surface area contributed by atoms with Crippen molar-refractivity contribution in [2.24, 2.45) is 0 Å². The molecule has 0 amide bonds. The van der Waals surface area contributed by atoms with Crippen molar-refractivity contribution in [1.29, 1.82) is 0 Å². The first kappa shape index (κ1) is 13.1. The number of nitrogens with zero attached hydrogens (tertiary/aromatic N) is 1. The maximum Gasteiger partial charge on any atom is 0.356 e. The third-order valence-corrected chi connectivity index (χ3v) is 3.02. The number of H-pyrrole nitrogens is 1. The lowest BCUT2D eigenvalue weighted by Gasteiger charge is -2.10. The molecule has 0 saturated carbocycles. The molecule has 2 rings (SSSR count). The van der Waals surface area contributed by atoms with Crippen molar-refractivity contribution < 1.29 is 14.6 Å². The third kappa shape index (κ3) is 2.93. The van der Waals surface area contributed by atoms with E-state index < -0.39 is 5.97 Å². The second kappa shape index (κ2) is 5.14. The summed E-state index contributed by atoms with van der Waals surface area (Å²) in [6.07, 6.45) is 0. The lowest BCUT2D eigenvalue weighted by atomic mass is 10.1. The van der Waals surface area contributed by atoms with E-state index in [-0.39, 0.29) is 12.3 Å². The number of aromatic amines is 1. The molecule has 1 aromatic carbocycles. The van der Waals surface area contributed by atoms with Crippen LogP contribution < -0.4 is 4.74 Å². The van der Waals surface area contributed by atoms with Crippen LogP contribution >= 0.6 is 0 Å². The van der Waals surface area contributed by atoms with Crippen LogP contribution in [0.25, 0.3) is 0 Å². The number of hydrogen-bond donors (Lipinski definition) is 2. The average molecular weight is 260 g/mol. The van der Waals surface area contributed by atoms with Gasteiger partial charge in [0, 0.05) is 0 Å². The van der Waals surface area contributed by atoms with Crippen LogP contribution in [0.4, 0.5) is 0 Å². The van der Waals surface area contributed by atoms with Gasteiger partial charge in [-0.25, -0.2) is 4.79 Å². The number of rotatable bonds is 4. The molecular weight excluding hydrogens is 244 g/mol. The Balaban J connectivity index is 2.09. The summed E-state index contributed by atoms with van der Waals surface area (Å²) >= 11 is 0. The van der Waals surface area contributed by atoms with Crippen molar-refractivity contribution in [2.45, 2.75) is 27.4 Å². The minimum Gasteiger partial charge on any atom is -0.487 e. The zero-order chi connectivity index (χ0) is 14.0. The lowest BCUT2D eigenvalue weighted by molar-refractivity contribution is 0.0690. The van der Waals surface area contributed by atoms with Gasteiger partial charge >= 0.3 is 5.97 Å². The number of nitrogens with one attached hydrogen (secondary N) is 1. The number of benzene rings is 1. The second-order valence-electron chi connectivity index (χ2n) is 4.57. The molecule has 5 nitrogen and oxygen atoms in total. The number of aryl methyl sites for hydroxylation is 3. The molecule has 0 unspecified atom stereocenters.